The second kappa shape index (κ2) is 4.42. The fourth-order valence-electron chi connectivity index (χ4n) is 1.38. The third-order valence-corrected chi connectivity index (χ3v) is 2.47. The third kappa shape index (κ3) is 2.04. The van der Waals surface area contributed by atoms with Crippen molar-refractivity contribution in [1.82, 2.24) is 0 Å². The van der Waals surface area contributed by atoms with Crippen LogP contribution in [0.15, 0.2) is 9.21 Å². The van der Waals surface area contributed by atoms with E-state index >= 15 is 0 Å². The highest BCUT2D eigenvalue weighted by atomic mass is 16.3. The zero-order chi connectivity index (χ0) is 10.7. The van der Waals surface area contributed by atoms with Gasteiger partial charge in [-0.25, -0.2) is 0 Å². The van der Waals surface area contributed by atoms with E-state index in [4.69, 9.17) is 9.52 Å². The Morgan fingerprint density at radius 2 is 1.86 bits per heavy atom. The summed E-state index contributed by atoms with van der Waals surface area (Å²) >= 11 is 0. The van der Waals surface area contributed by atoms with Crippen molar-refractivity contribution in [3.8, 4) is 0 Å². The quantitative estimate of drug-likeness (QED) is 0.796. The van der Waals surface area contributed by atoms with Gasteiger partial charge in [-0.2, -0.15) is 0 Å². The topological polar surface area (TPSA) is 50.4 Å². The first-order chi connectivity index (χ1) is 6.57. The number of rotatable bonds is 3. The van der Waals surface area contributed by atoms with Gasteiger partial charge in [-0.1, -0.05) is 0 Å². The highest BCUT2D eigenvalue weighted by Crippen LogP contribution is 2.11. The summed E-state index contributed by atoms with van der Waals surface area (Å²) in [4.78, 5) is 11.7. The van der Waals surface area contributed by atoms with Crippen molar-refractivity contribution in [3.63, 3.8) is 0 Å². The lowest BCUT2D eigenvalue weighted by atomic mass is 10.1. The van der Waals surface area contributed by atoms with Crippen molar-refractivity contribution in [3.05, 3.63) is 32.9 Å². The molecule has 0 unspecified atom stereocenters. The van der Waals surface area contributed by atoms with Gasteiger partial charge in [0.15, 0.2) is 5.43 Å². The summed E-state index contributed by atoms with van der Waals surface area (Å²) in [5.74, 6) is 1.38. The molecule has 0 fully saturated rings. The van der Waals surface area contributed by atoms with Gasteiger partial charge in [-0.05, 0) is 27.2 Å². The Bertz CT molecular complexity index is 377. The minimum absolute atomic E-state index is 0.0571. The molecular formula is C11H16O3. The van der Waals surface area contributed by atoms with Crippen molar-refractivity contribution in [2.45, 2.75) is 33.6 Å². The maximum Gasteiger partial charge on any atom is 0.191 e. The molecule has 78 valence electrons. The monoisotopic (exact) mass is 196 g/mol. The molecule has 0 aromatic carbocycles. The van der Waals surface area contributed by atoms with Crippen molar-refractivity contribution in [1.29, 1.82) is 0 Å². The predicted molar refractivity (Wildman–Crippen MR) is 54.6 cm³/mol. The number of aryl methyl sites for hydroxylation is 2. The van der Waals surface area contributed by atoms with Crippen LogP contribution in [0, 0.1) is 20.8 Å². The molecule has 0 saturated carbocycles. The van der Waals surface area contributed by atoms with E-state index in [2.05, 4.69) is 0 Å². The minimum Gasteiger partial charge on any atom is -0.466 e. The molecule has 1 aromatic heterocycles. The van der Waals surface area contributed by atoms with E-state index in [1.165, 1.54) is 0 Å². The highest BCUT2D eigenvalue weighted by Gasteiger charge is 2.09. The first kappa shape index (κ1) is 11.0. The molecule has 0 aliphatic rings. The van der Waals surface area contributed by atoms with Crippen LogP contribution in [0.3, 0.4) is 0 Å². The van der Waals surface area contributed by atoms with Gasteiger partial charge < -0.3 is 9.52 Å². The van der Waals surface area contributed by atoms with Gasteiger partial charge in [0.25, 0.3) is 0 Å². The molecule has 0 spiro atoms. The Kier molecular flexibility index (Phi) is 3.47. The maximum atomic E-state index is 11.7. The summed E-state index contributed by atoms with van der Waals surface area (Å²) in [6.07, 6.45) is 1.25. The zero-order valence-corrected chi connectivity index (χ0v) is 8.89. The van der Waals surface area contributed by atoms with Gasteiger partial charge in [-0.3, -0.25) is 4.79 Å². The zero-order valence-electron chi connectivity index (χ0n) is 8.89. The van der Waals surface area contributed by atoms with Crippen LogP contribution in [0.25, 0.3) is 0 Å². The van der Waals surface area contributed by atoms with E-state index in [9.17, 15) is 4.79 Å². The lowest BCUT2D eigenvalue weighted by molar-refractivity contribution is 0.282. The molecule has 0 bridgehead atoms. The first-order valence-corrected chi connectivity index (χ1v) is 4.78. The molecule has 0 atom stereocenters. The van der Waals surface area contributed by atoms with E-state index in [1.54, 1.807) is 20.8 Å². The SMILES string of the molecule is Cc1oc(CCCO)c(C)c(=O)c1C. The lowest BCUT2D eigenvalue weighted by Crippen LogP contribution is -2.13. The fourth-order valence-corrected chi connectivity index (χ4v) is 1.38. The van der Waals surface area contributed by atoms with E-state index in [1.807, 2.05) is 0 Å². The molecule has 0 aliphatic carbocycles. The summed E-state index contributed by atoms with van der Waals surface area (Å²) in [7, 11) is 0. The van der Waals surface area contributed by atoms with Gasteiger partial charge in [0.05, 0.1) is 0 Å². The van der Waals surface area contributed by atoms with Crippen LogP contribution in [0.2, 0.25) is 0 Å². The van der Waals surface area contributed by atoms with Crippen LogP contribution in [0.5, 0.6) is 0 Å². The van der Waals surface area contributed by atoms with Gasteiger partial charge in [0.2, 0.25) is 0 Å². The predicted octanol–water partition coefficient (Wildman–Crippen LogP) is 1.49. The molecule has 3 nitrogen and oxygen atoms in total. The maximum absolute atomic E-state index is 11.7. The number of aliphatic hydroxyl groups excluding tert-OH is 1. The van der Waals surface area contributed by atoms with Gasteiger partial charge in [0, 0.05) is 24.2 Å². The lowest BCUT2D eigenvalue weighted by Gasteiger charge is -2.06. The minimum atomic E-state index is 0.0571. The standard InChI is InChI=1S/C11H16O3/c1-7-9(3)14-10(5-4-6-12)8(2)11(7)13/h12H,4-6H2,1-3H3. The van der Waals surface area contributed by atoms with Crippen LogP contribution < -0.4 is 5.43 Å². The Balaban J connectivity index is 3.13. The van der Waals surface area contributed by atoms with E-state index in [-0.39, 0.29) is 12.0 Å². The molecule has 0 radical (unpaired) electrons. The average Bonchev–Trinajstić information content (AvgIpc) is 2.18. The average molecular weight is 196 g/mol. The van der Waals surface area contributed by atoms with Gasteiger partial charge in [-0.15, -0.1) is 0 Å². The molecule has 0 amide bonds. The van der Waals surface area contributed by atoms with Gasteiger partial charge in [0.1, 0.15) is 11.5 Å². The van der Waals surface area contributed by atoms with Crippen LogP contribution in [0.4, 0.5) is 0 Å². The van der Waals surface area contributed by atoms with E-state index < -0.39 is 0 Å². The van der Waals surface area contributed by atoms with E-state index in [0.717, 1.165) is 0 Å². The molecule has 1 aromatic rings. The summed E-state index contributed by atoms with van der Waals surface area (Å²) in [6, 6.07) is 0. The van der Waals surface area contributed by atoms with Crippen molar-refractivity contribution in [2.24, 2.45) is 0 Å². The Morgan fingerprint density at radius 1 is 1.21 bits per heavy atom. The molecule has 3 heteroatoms. The van der Waals surface area contributed by atoms with Crippen LogP contribution >= 0.6 is 0 Å². The smallest absolute Gasteiger partial charge is 0.191 e. The first-order valence-electron chi connectivity index (χ1n) is 4.78. The summed E-state index contributed by atoms with van der Waals surface area (Å²) in [5.41, 5.74) is 1.40. The molecule has 1 N–H and O–H groups in total. The van der Waals surface area contributed by atoms with Gasteiger partial charge >= 0.3 is 0 Å². The number of hydrogen-bond donors (Lipinski definition) is 1. The second-order valence-corrected chi connectivity index (χ2v) is 3.49. The molecule has 0 aliphatic heterocycles. The molecule has 1 rings (SSSR count). The molecule has 0 saturated heterocycles. The van der Waals surface area contributed by atoms with E-state index in [0.29, 0.717) is 35.5 Å². The third-order valence-electron chi connectivity index (χ3n) is 2.47. The molecule has 1 heterocycles. The summed E-state index contributed by atoms with van der Waals surface area (Å²) in [5, 5.41) is 8.69. The normalized spacial score (nSPS) is 10.6. The summed E-state index contributed by atoms with van der Waals surface area (Å²) in [6.45, 7) is 5.45. The van der Waals surface area contributed by atoms with Crippen molar-refractivity contribution < 1.29 is 9.52 Å². The highest BCUT2D eigenvalue weighted by molar-refractivity contribution is 5.25. The summed E-state index contributed by atoms with van der Waals surface area (Å²) < 4.78 is 5.51. The van der Waals surface area contributed by atoms with Crippen LogP contribution in [-0.2, 0) is 6.42 Å². The van der Waals surface area contributed by atoms with Crippen LogP contribution in [0.1, 0.15) is 29.1 Å². The Hall–Kier alpha value is -1.09. The molecule has 14 heavy (non-hydrogen) atoms. The number of aliphatic hydroxyl groups is 1. The largest absolute Gasteiger partial charge is 0.466 e. The van der Waals surface area contributed by atoms with Crippen LogP contribution in [-0.4, -0.2) is 11.7 Å². The Morgan fingerprint density at radius 3 is 2.43 bits per heavy atom. The molecular weight excluding hydrogens is 180 g/mol. The number of hydrogen-bond acceptors (Lipinski definition) is 3. The van der Waals surface area contributed by atoms with Crippen molar-refractivity contribution >= 4 is 0 Å². The fraction of sp³-hybridized carbons (Fsp3) is 0.545. The Labute approximate surface area is 83.4 Å². The second-order valence-electron chi connectivity index (χ2n) is 3.49. The van der Waals surface area contributed by atoms with Crippen molar-refractivity contribution in [2.75, 3.05) is 6.61 Å².